The van der Waals surface area contributed by atoms with Gasteiger partial charge in [-0.15, -0.1) is 0 Å². The molecule has 0 radical (unpaired) electrons. The van der Waals surface area contributed by atoms with Gasteiger partial charge in [-0.1, -0.05) is 48.5 Å². The lowest BCUT2D eigenvalue weighted by Gasteiger charge is -2.18. The van der Waals surface area contributed by atoms with Crippen molar-refractivity contribution < 1.29 is 9.47 Å². The van der Waals surface area contributed by atoms with Crippen LogP contribution in [0.5, 0.6) is 5.75 Å². The second-order valence-corrected chi connectivity index (χ2v) is 4.61. The van der Waals surface area contributed by atoms with Gasteiger partial charge in [0.1, 0.15) is 12.4 Å². The molecule has 0 aliphatic carbocycles. The van der Waals surface area contributed by atoms with E-state index in [1.807, 2.05) is 43.4 Å². The van der Waals surface area contributed by atoms with Crippen molar-refractivity contribution in [3.63, 3.8) is 0 Å². The molecule has 0 spiro atoms. The van der Waals surface area contributed by atoms with Crippen molar-refractivity contribution in [3.05, 3.63) is 54.6 Å². The van der Waals surface area contributed by atoms with E-state index in [9.17, 15) is 0 Å². The second-order valence-electron chi connectivity index (χ2n) is 4.61. The largest absolute Gasteiger partial charge is 0.491 e. The minimum absolute atomic E-state index is 0.184. The molecule has 2 aromatic rings. The van der Waals surface area contributed by atoms with Gasteiger partial charge < -0.3 is 14.8 Å². The molecule has 0 saturated heterocycles. The molecule has 2 rings (SSSR count). The zero-order valence-corrected chi connectivity index (χ0v) is 12.0. The average Bonchev–Trinajstić information content (AvgIpc) is 2.52. The lowest BCUT2D eigenvalue weighted by Crippen LogP contribution is -2.35. The topological polar surface area (TPSA) is 30.5 Å². The van der Waals surface area contributed by atoms with Crippen molar-refractivity contribution in [1.82, 2.24) is 5.32 Å². The summed E-state index contributed by atoms with van der Waals surface area (Å²) >= 11 is 0. The summed E-state index contributed by atoms with van der Waals surface area (Å²) in [5.74, 6) is 0.898. The van der Waals surface area contributed by atoms with E-state index in [2.05, 4.69) is 23.5 Å². The molecule has 0 aliphatic rings. The number of rotatable bonds is 7. The monoisotopic (exact) mass is 271 g/mol. The van der Waals surface area contributed by atoms with Crippen molar-refractivity contribution in [2.75, 3.05) is 27.4 Å². The highest BCUT2D eigenvalue weighted by Gasteiger charge is 2.09. The normalized spacial score (nSPS) is 12.1. The molecule has 0 fully saturated rings. The molecule has 3 heteroatoms. The van der Waals surface area contributed by atoms with Crippen molar-refractivity contribution in [1.29, 1.82) is 0 Å². The zero-order chi connectivity index (χ0) is 14.2. The minimum atomic E-state index is 0.184. The summed E-state index contributed by atoms with van der Waals surface area (Å²) in [5, 5.41) is 3.18. The average molecular weight is 271 g/mol. The first kappa shape index (κ1) is 14.6. The highest BCUT2D eigenvalue weighted by Crippen LogP contribution is 2.29. The standard InChI is InChI=1S/C17H21NO2/c1-18-15(12-19-2)13-20-17-11-7-6-10-16(17)14-8-4-3-5-9-14/h3-11,15,18H,12-13H2,1-2H3. The summed E-state index contributed by atoms with van der Waals surface area (Å²) in [6.07, 6.45) is 0. The van der Waals surface area contributed by atoms with Crippen LogP contribution >= 0.6 is 0 Å². The van der Waals surface area contributed by atoms with Gasteiger partial charge in [0.2, 0.25) is 0 Å². The molecule has 0 aromatic heterocycles. The van der Waals surface area contributed by atoms with Crippen LogP contribution in [-0.2, 0) is 4.74 Å². The third-order valence-electron chi connectivity index (χ3n) is 3.19. The van der Waals surface area contributed by atoms with Crippen LogP contribution in [0.3, 0.4) is 0 Å². The molecule has 0 saturated carbocycles. The Morgan fingerprint density at radius 2 is 1.65 bits per heavy atom. The maximum Gasteiger partial charge on any atom is 0.127 e. The van der Waals surface area contributed by atoms with Crippen LogP contribution < -0.4 is 10.1 Å². The molecular weight excluding hydrogens is 250 g/mol. The number of nitrogens with one attached hydrogen (secondary N) is 1. The molecule has 20 heavy (non-hydrogen) atoms. The van der Waals surface area contributed by atoms with E-state index >= 15 is 0 Å². The van der Waals surface area contributed by atoms with Gasteiger partial charge in [-0.05, 0) is 18.7 Å². The second kappa shape index (κ2) is 7.68. The van der Waals surface area contributed by atoms with E-state index in [4.69, 9.17) is 9.47 Å². The van der Waals surface area contributed by atoms with Gasteiger partial charge in [-0.3, -0.25) is 0 Å². The maximum atomic E-state index is 5.95. The lowest BCUT2D eigenvalue weighted by molar-refractivity contribution is 0.140. The Bertz CT molecular complexity index is 513. The summed E-state index contributed by atoms with van der Waals surface area (Å²) in [5.41, 5.74) is 2.27. The van der Waals surface area contributed by atoms with E-state index in [0.29, 0.717) is 13.2 Å². The number of likely N-dealkylation sites (N-methyl/N-ethyl adjacent to an activating group) is 1. The molecular formula is C17H21NO2. The van der Waals surface area contributed by atoms with Crippen LogP contribution in [0.15, 0.2) is 54.6 Å². The van der Waals surface area contributed by atoms with Crippen LogP contribution in [0.2, 0.25) is 0 Å². The molecule has 1 atom stereocenters. The van der Waals surface area contributed by atoms with Gasteiger partial charge in [0.15, 0.2) is 0 Å². The summed E-state index contributed by atoms with van der Waals surface area (Å²) in [6, 6.07) is 18.6. The molecule has 106 valence electrons. The quantitative estimate of drug-likeness (QED) is 0.840. The van der Waals surface area contributed by atoms with Crippen LogP contribution in [-0.4, -0.2) is 33.4 Å². The Hall–Kier alpha value is -1.84. The molecule has 3 nitrogen and oxygen atoms in total. The number of methoxy groups -OCH3 is 1. The van der Waals surface area contributed by atoms with E-state index < -0.39 is 0 Å². The smallest absolute Gasteiger partial charge is 0.127 e. The number of benzene rings is 2. The number of ether oxygens (including phenoxy) is 2. The Kier molecular flexibility index (Phi) is 5.59. The van der Waals surface area contributed by atoms with Gasteiger partial charge in [-0.2, -0.15) is 0 Å². The van der Waals surface area contributed by atoms with Crippen molar-refractivity contribution >= 4 is 0 Å². The molecule has 0 heterocycles. The van der Waals surface area contributed by atoms with E-state index in [-0.39, 0.29) is 6.04 Å². The third-order valence-corrected chi connectivity index (χ3v) is 3.19. The molecule has 0 amide bonds. The Balaban J connectivity index is 2.12. The summed E-state index contributed by atoms with van der Waals surface area (Å²) in [4.78, 5) is 0. The first-order valence-corrected chi connectivity index (χ1v) is 6.78. The minimum Gasteiger partial charge on any atom is -0.491 e. The van der Waals surface area contributed by atoms with Gasteiger partial charge in [0.05, 0.1) is 12.6 Å². The van der Waals surface area contributed by atoms with E-state index in [1.54, 1.807) is 7.11 Å². The van der Waals surface area contributed by atoms with Crippen LogP contribution in [0.4, 0.5) is 0 Å². The molecule has 1 N–H and O–H groups in total. The molecule has 2 aromatic carbocycles. The van der Waals surface area contributed by atoms with Gasteiger partial charge >= 0.3 is 0 Å². The zero-order valence-electron chi connectivity index (χ0n) is 12.0. The fourth-order valence-corrected chi connectivity index (χ4v) is 2.06. The van der Waals surface area contributed by atoms with Crippen molar-refractivity contribution in [3.8, 4) is 16.9 Å². The van der Waals surface area contributed by atoms with Crippen molar-refractivity contribution in [2.24, 2.45) is 0 Å². The van der Waals surface area contributed by atoms with Crippen LogP contribution in [0, 0.1) is 0 Å². The number of hydrogen-bond donors (Lipinski definition) is 1. The van der Waals surface area contributed by atoms with Gasteiger partial charge in [-0.25, -0.2) is 0 Å². The molecule has 0 aliphatic heterocycles. The highest BCUT2D eigenvalue weighted by molar-refractivity contribution is 5.70. The van der Waals surface area contributed by atoms with E-state index in [1.165, 1.54) is 0 Å². The highest BCUT2D eigenvalue weighted by atomic mass is 16.5. The number of hydrogen-bond acceptors (Lipinski definition) is 3. The molecule has 1 unspecified atom stereocenters. The summed E-state index contributed by atoms with van der Waals surface area (Å²) in [7, 11) is 3.61. The van der Waals surface area contributed by atoms with Gasteiger partial charge in [0.25, 0.3) is 0 Å². The third kappa shape index (κ3) is 3.83. The predicted molar refractivity (Wildman–Crippen MR) is 82.1 cm³/mol. The summed E-state index contributed by atoms with van der Waals surface area (Å²) < 4.78 is 11.1. The molecule has 0 bridgehead atoms. The Morgan fingerprint density at radius 1 is 0.950 bits per heavy atom. The SMILES string of the molecule is CNC(COC)COc1ccccc1-c1ccccc1. The van der Waals surface area contributed by atoms with Gasteiger partial charge in [0, 0.05) is 12.7 Å². The van der Waals surface area contributed by atoms with Crippen molar-refractivity contribution in [2.45, 2.75) is 6.04 Å². The number of para-hydroxylation sites is 1. The predicted octanol–water partition coefficient (Wildman–Crippen LogP) is 2.97. The fraction of sp³-hybridized carbons (Fsp3) is 0.294. The summed E-state index contributed by atoms with van der Waals surface area (Å²) in [6.45, 7) is 1.21. The van der Waals surface area contributed by atoms with Crippen LogP contribution in [0.25, 0.3) is 11.1 Å². The first-order valence-electron chi connectivity index (χ1n) is 6.78. The lowest BCUT2D eigenvalue weighted by atomic mass is 10.1. The maximum absolute atomic E-state index is 5.95. The van der Waals surface area contributed by atoms with E-state index in [0.717, 1.165) is 16.9 Å². The Labute approximate surface area is 120 Å². The van der Waals surface area contributed by atoms with Crippen LogP contribution in [0.1, 0.15) is 0 Å². The fourth-order valence-electron chi connectivity index (χ4n) is 2.06. The first-order chi connectivity index (χ1) is 9.85. The Morgan fingerprint density at radius 3 is 2.35 bits per heavy atom.